The maximum atomic E-state index is 12.1. The van der Waals surface area contributed by atoms with Crippen LogP contribution in [0.4, 0.5) is 5.82 Å². The molecule has 2 aromatic rings. The van der Waals surface area contributed by atoms with Crippen molar-refractivity contribution in [2.75, 3.05) is 32.2 Å². The molecule has 0 radical (unpaired) electrons. The number of ether oxygens (including phenoxy) is 2. The van der Waals surface area contributed by atoms with Gasteiger partial charge in [-0.05, 0) is 37.5 Å². The molecular formula is C22H28N4O3. The Morgan fingerprint density at radius 3 is 2.69 bits per heavy atom. The zero-order chi connectivity index (χ0) is 20.2. The van der Waals surface area contributed by atoms with Crippen molar-refractivity contribution < 1.29 is 14.3 Å². The summed E-state index contributed by atoms with van der Waals surface area (Å²) in [5.41, 5.74) is 1.70. The van der Waals surface area contributed by atoms with Crippen molar-refractivity contribution in [2.45, 2.75) is 37.9 Å². The van der Waals surface area contributed by atoms with Gasteiger partial charge in [-0.15, -0.1) is 0 Å². The predicted molar refractivity (Wildman–Crippen MR) is 112 cm³/mol. The Bertz CT molecular complexity index is 852. The molecule has 1 aliphatic heterocycles. The number of anilines is 1. The topological polar surface area (TPSA) is 75.7 Å². The average molecular weight is 396 g/mol. The molecule has 7 nitrogen and oxygen atoms in total. The van der Waals surface area contributed by atoms with Crippen LogP contribution < -0.4 is 25.0 Å². The molecule has 2 heterocycles. The fourth-order valence-corrected chi connectivity index (χ4v) is 3.69. The zero-order valence-electron chi connectivity index (χ0n) is 17.0. The maximum absolute atomic E-state index is 12.1. The molecule has 1 saturated heterocycles. The normalized spacial score (nSPS) is 18.6. The first-order valence-corrected chi connectivity index (χ1v) is 10.1. The van der Waals surface area contributed by atoms with Gasteiger partial charge in [0.1, 0.15) is 5.82 Å². The van der Waals surface area contributed by atoms with Gasteiger partial charge in [0.15, 0.2) is 11.5 Å². The lowest BCUT2D eigenvalue weighted by Crippen LogP contribution is -2.32. The molecule has 0 spiro atoms. The fourth-order valence-electron chi connectivity index (χ4n) is 3.69. The Balaban J connectivity index is 1.32. The number of rotatable bonds is 8. The smallest absolute Gasteiger partial charge is 0.253 e. The van der Waals surface area contributed by atoms with Crippen molar-refractivity contribution in [1.82, 2.24) is 15.6 Å². The molecule has 2 aliphatic rings. The van der Waals surface area contributed by atoms with E-state index in [1.165, 1.54) is 0 Å². The third-order valence-electron chi connectivity index (χ3n) is 5.50. The van der Waals surface area contributed by atoms with Gasteiger partial charge in [0.05, 0.1) is 19.8 Å². The Morgan fingerprint density at radius 2 is 2.00 bits per heavy atom. The van der Waals surface area contributed by atoms with Crippen LogP contribution in [0.5, 0.6) is 11.5 Å². The highest BCUT2D eigenvalue weighted by Gasteiger charge is 2.25. The molecule has 7 heteroatoms. The summed E-state index contributed by atoms with van der Waals surface area (Å²) in [5.74, 6) is 2.41. The molecule has 1 aromatic carbocycles. The van der Waals surface area contributed by atoms with E-state index in [0.717, 1.165) is 55.2 Å². The number of nitrogens with zero attached hydrogens (tertiary/aromatic N) is 2. The first kappa shape index (κ1) is 19.5. The molecule has 1 amide bonds. The van der Waals surface area contributed by atoms with Gasteiger partial charge < -0.3 is 25.0 Å². The molecule has 1 atom stereocenters. The lowest BCUT2D eigenvalue weighted by Gasteiger charge is -2.19. The molecule has 1 aromatic heterocycles. The third kappa shape index (κ3) is 4.62. The van der Waals surface area contributed by atoms with Crippen molar-refractivity contribution >= 4 is 11.7 Å². The fraction of sp³-hybridized carbons (Fsp3) is 0.455. The maximum Gasteiger partial charge on any atom is 0.253 e. The standard InChI is InChI=1S/C22H28N4O3/c1-28-19-5-3-4-15(21(19)29-2)12-23-18-10-11-26(14-18)20-9-6-16(13-24-20)22(27)25-17-7-8-17/h3-6,9,13,17-18,23H,7-8,10-12,14H2,1-2H3,(H,25,27)/t18-/m0/s1. The summed E-state index contributed by atoms with van der Waals surface area (Å²) in [6.45, 7) is 2.53. The molecule has 1 aliphatic carbocycles. The molecule has 0 bridgehead atoms. The van der Waals surface area contributed by atoms with Gasteiger partial charge >= 0.3 is 0 Å². The summed E-state index contributed by atoms with van der Waals surface area (Å²) in [5, 5.41) is 6.61. The van der Waals surface area contributed by atoms with Crippen molar-refractivity contribution in [3.63, 3.8) is 0 Å². The predicted octanol–water partition coefficient (Wildman–Crippen LogP) is 2.36. The number of amides is 1. The number of carbonyl (C=O) groups excluding carboxylic acids is 1. The number of methoxy groups -OCH3 is 2. The highest BCUT2D eigenvalue weighted by molar-refractivity contribution is 5.94. The zero-order valence-corrected chi connectivity index (χ0v) is 17.0. The van der Waals surface area contributed by atoms with Gasteiger partial charge in [-0.25, -0.2) is 4.98 Å². The van der Waals surface area contributed by atoms with E-state index in [-0.39, 0.29) is 5.91 Å². The number of hydrogen-bond acceptors (Lipinski definition) is 6. The SMILES string of the molecule is COc1cccc(CN[C@H]2CCN(c3ccc(C(=O)NC4CC4)cn3)C2)c1OC. The van der Waals surface area contributed by atoms with Crippen LogP contribution in [0.2, 0.25) is 0 Å². The van der Waals surface area contributed by atoms with E-state index in [9.17, 15) is 4.79 Å². The first-order chi connectivity index (χ1) is 14.2. The van der Waals surface area contributed by atoms with Crippen LogP contribution in [0.1, 0.15) is 35.2 Å². The van der Waals surface area contributed by atoms with E-state index in [4.69, 9.17) is 9.47 Å². The summed E-state index contributed by atoms with van der Waals surface area (Å²) in [6.07, 6.45) is 4.88. The number of aromatic nitrogens is 1. The van der Waals surface area contributed by atoms with E-state index in [2.05, 4.69) is 20.5 Å². The lowest BCUT2D eigenvalue weighted by molar-refractivity contribution is 0.0950. The number of pyridine rings is 1. The van der Waals surface area contributed by atoms with Gasteiger partial charge in [0.25, 0.3) is 5.91 Å². The second kappa shape index (κ2) is 8.69. The lowest BCUT2D eigenvalue weighted by atomic mass is 10.1. The molecule has 0 unspecified atom stereocenters. The third-order valence-corrected chi connectivity index (χ3v) is 5.50. The minimum atomic E-state index is -0.0280. The van der Waals surface area contributed by atoms with Crippen LogP contribution in [0.15, 0.2) is 36.5 Å². The van der Waals surface area contributed by atoms with E-state index in [1.54, 1.807) is 20.4 Å². The Kier molecular flexibility index (Phi) is 5.85. The monoisotopic (exact) mass is 396 g/mol. The van der Waals surface area contributed by atoms with Crippen molar-refractivity contribution in [3.8, 4) is 11.5 Å². The molecule has 2 N–H and O–H groups in total. The summed E-state index contributed by atoms with van der Waals surface area (Å²) in [6, 6.07) is 10.5. The second-order valence-corrected chi connectivity index (χ2v) is 7.62. The molecule has 29 heavy (non-hydrogen) atoms. The Morgan fingerprint density at radius 1 is 1.14 bits per heavy atom. The van der Waals surface area contributed by atoms with Gasteiger partial charge in [-0.2, -0.15) is 0 Å². The summed E-state index contributed by atoms with van der Waals surface area (Å²) in [4.78, 5) is 18.9. The summed E-state index contributed by atoms with van der Waals surface area (Å²) >= 11 is 0. The minimum absolute atomic E-state index is 0.0280. The van der Waals surface area contributed by atoms with Crippen LogP contribution in [-0.2, 0) is 6.54 Å². The van der Waals surface area contributed by atoms with Crippen LogP contribution in [0.3, 0.4) is 0 Å². The number of hydrogen-bond donors (Lipinski definition) is 2. The van der Waals surface area contributed by atoms with Gasteiger partial charge in [0, 0.05) is 43.5 Å². The number of benzene rings is 1. The second-order valence-electron chi connectivity index (χ2n) is 7.62. The van der Waals surface area contributed by atoms with Gasteiger partial charge in [-0.1, -0.05) is 12.1 Å². The van der Waals surface area contributed by atoms with E-state index in [0.29, 0.717) is 24.2 Å². The first-order valence-electron chi connectivity index (χ1n) is 10.1. The molecular weight excluding hydrogens is 368 g/mol. The van der Waals surface area contributed by atoms with Crippen LogP contribution >= 0.6 is 0 Å². The van der Waals surface area contributed by atoms with Crippen molar-refractivity contribution in [1.29, 1.82) is 0 Å². The van der Waals surface area contributed by atoms with Crippen LogP contribution in [-0.4, -0.2) is 50.3 Å². The molecule has 4 rings (SSSR count). The van der Waals surface area contributed by atoms with E-state index in [1.807, 2.05) is 30.3 Å². The van der Waals surface area contributed by atoms with E-state index < -0.39 is 0 Å². The quantitative estimate of drug-likeness (QED) is 0.714. The largest absolute Gasteiger partial charge is 0.493 e. The Hall–Kier alpha value is -2.80. The van der Waals surface area contributed by atoms with Crippen molar-refractivity contribution in [2.24, 2.45) is 0 Å². The molecule has 2 fully saturated rings. The molecule has 154 valence electrons. The Labute approximate surface area is 171 Å². The van der Waals surface area contributed by atoms with Crippen LogP contribution in [0.25, 0.3) is 0 Å². The highest BCUT2D eigenvalue weighted by atomic mass is 16.5. The van der Waals surface area contributed by atoms with E-state index >= 15 is 0 Å². The van der Waals surface area contributed by atoms with Crippen LogP contribution in [0, 0.1) is 0 Å². The highest BCUT2D eigenvalue weighted by Crippen LogP contribution is 2.30. The van der Waals surface area contributed by atoms with Crippen molar-refractivity contribution in [3.05, 3.63) is 47.7 Å². The summed E-state index contributed by atoms with van der Waals surface area (Å²) < 4.78 is 10.9. The van der Waals surface area contributed by atoms with Gasteiger partial charge in [-0.3, -0.25) is 4.79 Å². The summed E-state index contributed by atoms with van der Waals surface area (Å²) in [7, 11) is 3.32. The van der Waals surface area contributed by atoms with Gasteiger partial charge in [0.2, 0.25) is 0 Å². The minimum Gasteiger partial charge on any atom is -0.493 e. The average Bonchev–Trinajstić information content (AvgIpc) is 3.45. The molecule has 1 saturated carbocycles. The number of nitrogens with one attached hydrogen (secondary N) is 2. The number of carbonyl (C=O) groups is 1. The number of para-hydroxylation sites is 1.